The zero-order chi connectivity index (χ0) is 15.4. The fourth-order valence-electron chi connectivity index (χ4n) is 1.74. The number of carbonyl (C=O) groups is 1. The molecular formula is C16H19NO4. The molecule has 5 heteroatoms. The Hall–Kier alpha value is -2.30. The first-order valence-corrected chi connectivity index (χ1v) is 6.92. The average molecular weight is 289 g/mol. The standard InChI is InChI=1S/C16H19NO4/c1-10(2)11(3)17-15(18)9-20-13-6-4-12-5-7-16(19)21-14(12)8-13/h4-8,10-11H,9H2,1-3H3,(H,17,18). The molecule has 0 spiro atoms. The van der Waals surface area contributed by atoms with Gasteiger partial charge in [0.1, 0.15) is 11.3 Å². The molecule has 0 radical (unpaired) electrons. The van der Waals surface area contributed by atoms with Crippen LogP contribution in [0, 0.1) is 5.92 Å². The molecule has 1 aromatic carbocycles. The lowest BCUT2D eigenvalue weighted by atomic mass is 10.1. The van der Waals surface area contributed by atoms with Crippen molar-refractivity contribution in [1.29, 1.82) is 0 Å². The van der Waals surface area contributed by atoms with Crippen molar-refractivity contribution in [2.45, 2.75) is 26.8 Å². The molecule has 112 valence electrons. The van der Waals surface area contributed by atoms with Crippen molar-refractivity contribution in [2.75, 3.05) is 6.61 Å². The maximum atomic E-state index is 11.7. The molecule has 0 bridgehead atoms. The first kappa shape index (κ1) is 15.1. The van der Waals surface area contributed by atoms with E-state index in [1.54, 1.807) is 24.3 Å². The van der Waals surface area contributed by atoms with E-state index in [9.17, 15) is 9.59 Å². The topological polar surface area (TPSA) is 68.5 Å². The van der Waals surface area contributed by atoms with Crippen molar-refractivity contribution in [3.63, 3.8) is 0 Å². The number of ether oxygens (including phenoxy) is 1. The van der Waals surface area contributed by atoms with Gasteiger partial charge in [0, 0.05) is 23.6 Å². The predicted molar refractivity (Wildman–Crippen MR) is 80.4 cm³/mol. The molecule has 2 aromatic rings. The minimum absolute atomic E-state index is 0.0698. The summed E-state index contributed by atoms with van der Waals surface area (Å²) in [4.78, 5) is 22.9. The number of benzene rings is 1. The Morgan fingerprint density at radius 1 is 1.24 bits per heavy atom. The predicted octanol–water partition coefficient (Wildman–Crippen LogP) is 2.33. The van der Waals surface area contributed by atoms with Crippen LogP contribution in [-0.2, 0) is 4.79 Å². The van der Waals surface area contributed by atoms with Crippen LogP contribution in [0.1, 0.15) is 20.8 Å². The van der Waals surface area contributed by atoms with E-state index in [1.165, 1.54) is 6.07 Å². The molecule has 0 aliphatic rings. The molecule has 1 aromatic heterocycles. The van der Waals surface area contributed by atoms with Crippen LogP contribution in [0.15, 0.2) is 39.5 Å². The first-order valence-electron chi connectivity index (χ1n) is 6.92. The molecule has 1 N–H and O–H groups in total. The zero-order valence-electron chi connectivity index (χ0n) is 12.4. The number of carbonyl (C=O) groups excluding carboxylic acids is 1. The molecule has 1 atom stereocenters. The van der Waals surface area contributed by atoms with Gasteiger partial charge >= 0.3 is 5.63 Å². The molecule has 0 aliphatic heterocycles. The highest BCUT2D eigenvalue weighted by Crippen LogP contribution is 2.19. The van der Waals surface area contributed by atoms with Crippen molar-refractivity contribution < 1.29 is 13.9 Å². The van der Waals surface area contributed by atoms with Gasteiger partial charge in [0.2, 0.25) is 0 Å². The van der Waals surface area contributed by atoms with Gasteiger partial charge in [-0.05, 0) is 31.0 Å². The minimum Gasteiger partial charge on any atom is -0.484 e. The van der Waals surface area contributed by atoms with Crippen molar-refractivity contribution in [3.8, 4) is 5.75 Å². The SMILES string of the molecule is CC(C)C(C)NC(=O)COc1ccc2ccc(=O)oc2c1. The van der Waals surface area contributed by atoms with Gasteiger partial charge in [0.05, 0.1) is 0 Å². The summed E-state index contributed by atoms with van der Waals surface area (Å²) in [5, 5.41) is 3.66. The molecule has 0 saturated heterocycles. The molecular weight excluding hydrogens is 270 g/mol. The second-order valence-corrected chi connectivity index (χ2v) is 5.34. The summed E-state index contributed by atoms with van der Waals surface area (Å²) >= 11 is 0. The van der Waals surface area contributed by atoms with Crippen LogP contribution in [0.4, 0.5) is 0 Å². The highest BCUT2D eigenvalue weighted by atomic mass is 16.5. The van der Waals surface area contributed by atoms with Gasteiger partial charge in [-0.25, -0.2) is 4.79 Å². The van der Waals surface area contributed by atoms with E-state index in [-0.39, 0.29) is 18.6 Å². The van der Waals surface area contributed by atoms with E-state index < -0.39 is 5.63 Å². The Bertz CT molecular complexity index is 690. The van der Waals surface area contributed by atoms with Gasteiger partial charge in [-0.3, -0.25) is 4.79 Å². The smallest absolute Gasteiger partial charge is 0.336 e. The number of hydrogen-bond acceptors (Lipinski definition) is 4. The molecule has 0 fully saturated rings. The van der Waals surface area contributed by atoms with E-state index in [4.69, 9.17) is 9.15 Å². The molecule has 21 heavy (non-hydrogen) atoms. The monoisotopic (exact) mass is 289 g/mol. The summed E-state index contributed by atoms with van der Waals surface area (Å²) < 4.78 is 10.5. The summed E-state index contributed by atoms with van der Waals surface area (Å²) in [7, 11) is 0. The van der Waals surface area contributed by atoms with Crippen LogP contribution in [0.2, 0.25) is 0 Å². The largest absolute Gasteiger partial charge is 0.484 e. The second-order valence-electron chi connectivity index (χ2n) is 5.34. The molecule has 0 aliphatic carbocycles. The highest BCUT2D eigenvalue weighted by Gasteiger charge is 2.11. The molecule has 1 heterocycles. The Labute approximate surface area is 122 Å². The number of fused-ring (bicyclic) bond motifs is 1. The zero-order valence-corrected chi connectivity index (χ0v) is 12.4. The Kier molecular flexibility index (Phi) is 4.62. The third kappa shape index (κ3) is 4.08. The molecule has 2 rings (SSSR count). The van der Waals surface area contributed by atoms with Crippen LogP contribution in [0.25, 0.3) is 11.0 Å². The first-order chi connectivity index (χ1) is 9.95. The van der Waals surface area contributed by atoms with Gasteiger partial charge in [-0.2, -0.15) is 0 Å². The summed E-state index contributed by atoms with van der Waals surface area (Å²) in [6.45, 7) is 5.96. The van der Waals surface area contributed by atoms with Crippen molar-refractivity contribution in [1.82, 2.24) is 5.32 Å². The molecule has 1 amide bonds. The summed E-state index contributed by atoms with van der Waals surface area (Å²) in [6.07, 6.45) is 0. The van der Waals surface area contributed by atoms with Crippen LogP contribution in [-0.4, -0.2) is 18.6 Å². The van der Waals surface area contributed by atoms with E-state index in [1.807, 2.05) is 20.8 Å². The lowest BCUT2D eigenvalue weighted by Crippen LogP contribution is -2.38. The quantitative estimate of drug-likeness (QED) is 0.858. The summed E-state index contributed by atoms with van der Waals surface area (Å²) in [5.41, 5.74) is 0.0270. The van der Waals surface area contributed by atoms with Crippen molar-refractivity contribution >= 4 is 16.9 Å². The lowest BCUT2D eigenvalue weighted by Gasteiger charge is -2.17. The number of hydrogen-bond donors (Lipinski definition) is 1. The number of nitrogens with one attached hydrogen (secondary N) is 1. The molecule has 5 nitrogen and oxygen atoms in total. The third-order valence-electron chi connectivity index (χ3n) is 3.35. The van der Waals surface area contributed by atoms with Crippen molar-refractivity contribution in [3.05, 3.63) is 40.8 Å². The van der Waals surface area contributed by atoms with Gasteiger partial charge in [0.15, 0.2) is 6.61 Å². The maximum Gasteiger partial charge on any atom is 0.336 e. The van der Waals surface area contributed by atoms with Gasteiger partial charge in [-0.15, -0.1) is 0 Å². The van der Waals surface area contributed by atoms with Gasteiger partial charge in [-0.1, -0.05) is 13.8 Å². The van der Waals surface area contributed by atoms with E-state index in [0.717, 1.165) is 5.39 Å². The normalized spacial score (nSPS) is 12.4. The van der Waals surface area contributed by atoms with E-state index in [0.29, 0.717) is 17.3 Å². The van der Waals surface area contributed by atoms with E-state index >= 15 is 0 Å². The lowest BCUT2D eigenvalue weighted by molar-refractivity contribution is -0.124. The van der Waals surface area contributed by atoms with Gasteiger partial charge in [0.25, 0.3) is 5.91 Å². The summed E-state index contributed by atoms with van der Waals surface area (Å²) in [6, 6.07) is 8.27. The van der Waals surface area contributed by atoms with Crippen LogP contribution >= 0.6 is 0 Å². The Morgan fingerprint density at radius 3 is 2.67 bits per heavy atom. The molecule has 0 saturated carbocycles. The summed E-state index contributed by atoms with van der Waals surface area (Å²) in [5.74, 6) is 0.680. The van der Waals surface area contributed by atoms with Crippen LogP contribution in [0.5, 0.6) is 5.75 Å². The van der Waals surface area contributed by atoms with Crippen LogP contribution < -0.4 is 15.7 Å². The second kappa shape index (κ2) is 6.43. The Morgan fingerprint density at radius 2 is 1.95 bits per heavy atom. The Balaban J connectivity index is 2.00. The maximum absolute atomic E-state index is 11.7. The number of rotatable bonds is 5. The van der Waals surface area contributed by atoms with E-state index in [2.05, 4.69) is 5.32 Å². The van der Waals surface area contributed by atoms with Gasteiger partial charge < -0.3 is 14.5 Å². The van der Waals surface area contributed by atoms with Crippen molar-refractivity contribution in [2.24, 2.45) is 5.92 Å². The highest BCUT2D eigenvalue weighted by molar-refractivity contribution is 5.79. The fourth-order valence-corrected chi connectivity index (χ4v) is 1.74. The average Bonchev–Trinajstić information content (AvgIpc) is 2.44. The number of amides is 1. The minimum atomic E-state index is -0.414. The molecule has 1 unspecified atom stereocenters. The fraction of sp³-hybridized carbons (Fsp3) is 0.375. The van der Waals surface area contributed by atoms with Crippen LogP contribution in [0.3, 0.4) is 0 Å². The third-order valence-corrected chi connectivity index (χ3v) is 3.35.